The third-order valence-corrected chi connectivity index (χ3v) is 4.30. The van der Waals surface area contributed by atoms with Crippen LogP contribution in [-0.2, 0) is 0 Å². The molecule has 86 valence electrons. The molecule has 3 nitrogen and oxygen atoms in total. The molecule has 0 saturated carbocycles. The molecular formula is C13H13N3S. The smallest absolute Gasteiger partial charge is 0.0760 e. The quantitative estimate of drug-likeness (QED) is 0.879. The first-order valence-electron chi connectivity index (χ1n) is 5.59. The summed E-state index contributed by atoms with van der Waals surface area (Å²) in [6.07, 6.45) is 5.13. The number of thioether (sulfide) groups is 1. The van der Waals surface area contributed by atoms with E-state index in [0.717, 1.165) is 11.4 Å². The molecule has 3 rings (SSSR count). The van der Waals surface area contributed by atoms with Gasteiger partial charge in [0.05, 0.1) is 11.7 Å². The van der Waals surface area contributed by atoms with Crippen molar-refractivity contribution in [1.82, 2.24) is 9.97 Å². The van der Waals surface area contributed by atoms with Gasteiger partial charge in [-0.1, -0.05) is 18.2 Å². The van der Waals surface area contributed by atoms with Crippen molar-refractivity contribution >= 4 is 11.8 Å². The highest BCUT2D eigenvalue weighted by Crippen LogP contribution is 2.44. The minimum absolute atomic E-state index is 0.0696. The predicted octanol–water partition coefficient (Wildman–Crippen LogP) is 2.37. The van der Waals surface area contributed by atoms with E-state index in [4.69, 9.17) is 5.73 Å². The SMILES string of the molecule is NC(c1cnccn1)C1CSc2ccccc21. The molecule has 1 aliphatic rings. The van der Waals surface area contributed by atoms with Crippen LogP contribution in [0.2, 0.25) is 0 Å². The highest BCUT2D eigenvalue weighted by Gasteiger charge is 2.29. The molecule has 1 aromatic heterocycles. The van der Waals surface area contributed by atoms with Gasteiger partial charge in [0, 0.05) is 35.2 Å². The summed E-state index contributed by atoms with van der Waals surface area (Å²) in [6.45, 7) is 0. The van der Waals surface area contributed by atoms with Crippen LogP contribution in [0.4, 0.5) is 0 Å². The van der Waals surface area contributed by atoms with Crippen molar-refractivity contribution < 1.29 is 0 Å². The third-order valence-electron chi connectivity index (χ3n) is 3.10. The number of nitrogens with zero attached hydrogens (tertiary/aromatic N) is 2. The van der Waals surface area contributed by atoms with Crippen molar-refractivity contribution in [2.75, 3.05) is 5.75 Å². The second kappa shape index (κ2) is 4.47. The zero-order valence-corrected chi connectivity index (χ0v) is 10.1. The highest BCUT2D eigenvalue weighted by atomic mass is 32.2. The lowest BCUT2D eigenvalue weighted by Crippen LogP contribution is -2.21. The number of hydrogen-bond donors (Lipinski definition) is 1. The molecule has 2 atom stereocenters. The maximum atomic E-state index is 6.30. The maximum absolute atomic E-state index is 6.30. The molecule has 1 aromatic carbocycles. The predicted molar refractivity (Wildman–Crippen MR) is 68.9 cm³/mol. The van der Waals surface area contributed by atoms with E-state index in [1.54, 1.807) is 18.6 Å². The van der Waals surface area contributed by atoms with Crippen molar-refractivity contribution in [3.63, 3.8) is 0 Å². The number of hydrogen-bond acceptors (Lipinski definition) is 4. The Bertz CT molecular complexity index is 515. The van der Waals surface area contributed by atoms with Gasteiger partial charge < -0.3 is 5.73 Å². The van der Waals surface area contributed by atoms with Gasteiger partial charge in [-0.25, -0.2) is 0 Å². The molecule has 2 heterocycles. The van der Waals surface area contributed by atoms with Crippen LogP contribution in [0.25, 0.3) is 0 Å². The third kappa shape index (κ3) is 1.94. The summed E-state index contributed by atoms with van der Waals surface area (Å²) in [6, 6.07) is 8.39. The van der Waals surface area contributed by atoms with Crippen molar-refractivity contribution in [3.05, 3.63) is 54.1 Å². The number of nitrogens with two attached hydrogens (primary N) is 1. The van der Waals surface area contributed by atoms with Gasteiger partial charge in [-0.05, 0) is 11.6 Å². The first-order valence-corrected chi connectivity index (χ1v) is 6.58. The Kier molecular flexibility index (Phi) is 2.82. The van der Waals surface area contributed by atoms with Crippen LogP contribution < -0.4 is 5.73 Å². The zero-order valence-electron chi connectivity index (χ0n) is 9.28. The van der Waals surface area contributed by atoms with Crippen molar-refractivity contribution in [1.29, 1.82) is 0 Å². The average molecular weight is 243 g/mol. The van der Waals surface area contributed by atoms with Gasteiger partial charge in [-0.3, -0.25) is 9.97 Å². The van der Waals surface area contributed by atoms with Crippen molar-refractivity contribution in [3.8, 4) is 0 Å². The van der Waals surface area contributed by atoms with E-state index in [0.29, 0.717) is 5.92 Å². The van der Waals surface area contributed by atoms with Crippen LogP contribution >= 0.6 is 11.8 Å². The lowest BCUT2D eigenvalue weighted by atomic mass is 9.92. The Labute approximate surface area is 104 Å². The Morgan fingerprint density at radius 1 is 1.29 bits per heavy atom. The molecule has 4 heteroatoms. The van der Waals surface area contributed by atoms with E-state index >= 15 is 0 Å². The number of benzene rings is 1. The van der Waals surface area contributed by atoms with Crippen LogP contribution in [0, 0.1) is 0 Å². The molecule has 1 aliphatic heterocycles. The molecule has 17 heavy (non-hydrogen) atoms. The second-order valence-corrected chi connectivity index (χ2v) is 5.17. The highest BCUT2D eigenvalue weighted by molar-refractivity contribution is 7.99. The first kappa shape index (κ1) is 10.7. The molecular weight excluding hydrogens is 230 g/mol. The van der Waals surface area contributed by atoms with E-state index in [-0.39, 0.29) is 6.04 Å². The van der Waals surface area contributed by atoms with Crippen LogP contribution in [0.1, 0.15) is 23.2 Å². The van der Waals surface area contributed by atoms with Gasteiger partial charge in [0.25, 0.3) is 0 Å². The Hall–Kier alpha value is -1.39. The summed E-state index contributed by atoms with van der Waals surface area (Å²) >= 11 is 1.87. The minimum atomic E-state index is -0.0696. The lowest BCUT2D eigenvalue weighted by Gasteiger charge is -2.18. The van der Waals surface area contributed by atoms with E-state index in [2.05, 4.69) is 34.2 Å². The summed E-state index contributed by atoms with van der Waals surface area (Å²) in [5.41, 5.74) is 8.51. The summed E-state index contributed by atoms with van der Waals surface area (Å²) < 4.78 is 0. The molecule has 2 unspecified atom stereocenters. The molecule has 0 amide bonds. The van der Waals surface area contributed by atoms with Crippen LogP contribution in [0.15, 0.2) is 47.8 Å². The lowest BCUT2D eigenvalue weighted by molar-refractivity contribution is 0.589. The molecule has 2 N–H and O–H groups in total. The van der Waals surface area contributed by atoms with Gasteiger partial charge in [0.1, 0.15) is 0 Å². The fourth-order valence-electron chi connectivity index (χ4n) is 2.17. The number of fused-ring (bicyclic) bond motifs is 1. The molecule has 0 radical (unpaired) electrons. The van der Waals surface area contributed by atoms with Crippen LogP contribution in [-0.4, -0.2) is 15.7 Å². The van der Waals surface area contributed by atoms with E-state index in [1.807, 2.05) is 11.8 Å². The normalized spacial score (nSPS) is 19.9. The minimum Gasteiger partial charge on any atom is -0.322 e. The van der Waals surface area contributed by atoms with Gasteiger partial charge >= 0.3 is 0 Å². The Balaban J connectivity index is 1.92. The largest absolute Gasteiger partial charge is 0.322 e. The Morgan fingerprint density at radius 2 is 2.18 bits per heavy atom. The van der Waals surface area contributed by atoms with Gasteiger partial charge in [-0.2, -0.15) is 0 Å². The van der Waals surface area contributed by atoms with Gasteiger partial charge in [-0.15, -0.1) is 11.8 Å². The molecule has 0 saturated heterocycles. The standard InChI is InChI=1S/C13H13N3S/c14-13(11-7-15-5-6-16-11)10-8-17-12-4-2-1-3-9(10)12/h1-7,10,13H,8,14H2. The second-order valence-electron chi connectivity index (χ2n) is 4.11. The molecule has 0 spiro atoms. The Morgan fingerprint density at radius 3 is 3.00 bits per heavy atom. The van der Waals surface area contributed by atoms with Crippen LogP contribution in [0.3, 0.4) is 0 Å². The summed E-state index contributed by atoms with van der Waals surface area (Å²) in [5.74, 6) is 1.37. The molecule has 2 aromatic rings. The number of rotatable bonds is 2. The zero-order chi connectivity index (χ0) is 11.7. The topological polar surface area (TPSA) is 51.8 Å². The van der Waals surface area contributed by atoms with Gasteiger partial charge in [0.2, 0.25) is 0 Å². The van der Waals surface area contributed by atoms with E-state index < -0.39 is 0 Å². The summed E-state index contributed by atoms with van der Waals surface area (Å²) in [7, 11) is 0. The fraction of sp³-hybridized carbons (Fsp3) is 0.231. The van der Waals surface area contributed by atoms with Crippen molar-refractivity contribution in [2.24, 2.45) is 5.73 Å². The van der Waals surface area contributed by atoms with Crippen LogP contribution in [0.5, 0.6) is 0 Å². The molecule has 0 bridgehead atoms. The fourth-order valence-corrected chi connectivity index (χ4v) is 3.48. The number of aromatic nitrogens is 2. The molecule has 0 fully saturated rings. The maximum Gasteiger partial charge on any atom is 0.0760 e. The first-order chi connectivity index (χ1) is 8.36. The molecule has 0 aliphatic carbocycles. The summed E-state index contributed by atoms with van der Waals surface area (Å²) in [5, 5.41) is 0. The van der Waals surface area contributed by atoms with Crippen molar-refractivity contribution in [2.45, 2.75) is 16.9 Å². The van der Waals surface area contributed by atoms with Gasteiger partial charge in [0.15, 0.2) is 0 Å². The monoisotopic (exact) mass is 243 g/mol. The average Bonchev–Trinajstić information content (AvgIpc) is 2.83. The van der Waals surface area contributed by atoms with E-state index in [1.165, 1.54) is 10.5 Å². The van der Waals surface area contributed by atoms with E-state index in [9.17, 15) is 0 Å². The summed E-state index contributed by atoms with van der Waals surface area (Å²) in [4.78, 5) is 9.73.